The van der Waals surface area contributed by atoms with Crippen LogP contribution >= 0.6 is 0 Å². The molecule has 0 spiro atoms. The molecule has 1 aliphatic rings. The van der Waals surface area contributed by atoms with Crippen molar-refractivity contribution in [1.82, 2.24) is 9.38 Å². The van der Waals surface area contributed by atoms with Crippen LogP contribution < -0.4 is 0 Å². The van der Waals surface area contributed by atoms with E-state index < -0.39 is 0 Å². The number of rotatable bonds is 6. The van der Waals surface area contributed by atoms with Crippen molar-refractivity contribution in [3.05, 3.63) is 156 Å². The maximum atomic E-state index is 5.49. The molecule has 272 valence electrons. The van der Waals surface area contributed by atoms with E-state index in [0.29, 0.717) is 0 Å². The highest BCUT2D eigenvalue weighted by Crippen LogP contribution is 2.30. The van der Waals surface area contributed by atoms with E-state index >= 15 is 0 Å². The Hall–Kier alpha value is -6.23. The molecule has 2 heterocycles. The van der Waals surface area contributed by atoms with Crippen molar-refractivity contribution in [2.75, 3.05) is 7.05 Å². The van der Waals surface area contributed by atoms with Gasteiger partial charge in [-0.1, -0.05) is 139 Å². The number of hydrogen-bond donors (Lipinski definition) is 0. The molecule has 6 rings (SSSR count). The minimum absolute atomic E-state index is 0.780. The molecule has 0 fully saturated rings. The molecule has 0 bridgehead atoms. The van der Waals surface area contributed by atoms with Crippen molar-refractivity contribution >= 4 is 51.7 Å². The number of terminal acetylenes is 2. The summed E-state index contributed by atoms with van der Waals surface area (Å²) in [6.07, 6.45) is 26.8. The number of hydrogen-bond acceptors (Lipinski definition) is 3. The van der Waals surface area contributed by atoms with Crippen LogP contribution in [-0.2, 0) is 6.42 Å². The molecule has 0 amide bonds. The Morgan fingerprint density at radius 3 is 2.11 bits per heavy atom. The summed E-state index contributed by atoms with van der Waals surface area (Å²) in [5, 5.41) is 1.29. The van der Waals surface area contributed by atoms with Gasteiger partial charge in [0.25, 0.3) is 0 Å². The van der Waals surface area contributed by atoms with Crippen LogP contribution in [0.3, 0.4) is 0 Å². The Balaban J connectivity index is 0.000000438. The lowest BCUT2D eigenvalue weighted by Gasteiger charge is -2.12. The third-order valence-corrected chi connectivity index (χ3v) is 7.45. The molecule has 5 aromatic rings. The number of fused-ring (bicyclic) bond motifs is 5. The molecule has 4 heteroatoms. The summed E-state index contributed by atoms with van der Waals surface area (Å²) in [6.45, 7) is 27.1. The van der Waals surface area contributed by atoms with Crippen molar-refractivity contribution in [2.24, 2.45) is 9.98 Å². The van der Waals surface area contributed by atoms with E-state index in [0.717, 1.165) is 56.7 Å². The van der Waals surface area contributed by atoms with E-state index in [1.54, 1.807) is 20.0 Å². The first-order chi connectivity index (χ1) is 25.9. The van der Waals surface area contributed by atoms with Crippen LogP contribution in [-0.4, -0.2) is 28.9 Å². The number of para-hydroxylation sites is 3. The lowest BCUT2D eigenvalue weighted by molar-refractivity contribution is 1.23. The fourth-order valence-corrected chi connectivity index (χ4v) is 5.42. The highest BCUT2D eigenvalue weighted by atomic mass is 14.9. The van der Waals surface area contributed by atoms with E-state index in [2.05, 4.69) is 112 Å². The van der Waals surface area contributed by atoms with Crippen molar-refractivity contribution in [2.45, 2.75) is 61.8 Å². The average Bonchev–Trinajstić information content (AvgIpc) is 3.54. The Bertz CT molecular complexity index is 2220. The van der Waals surface area contributed by atoms with Gasteiger partial charge in [0.05, 0.1) is 39.7 Å². The van der Waals surface area contributed by atoms with Crippen LogP contribution in [0.15, 0.2) is 144 Å². The minimum atomic E-state index is 0.780. The first-order valence-corrected chi connectivity index (χ1v) is 18.1. The monoisotopic (exact) mass is 700 g/mol. The third kappa shape index (κ3) is 11.6. The topological polar surface area (TPSA) is 42.0 Å². The van der Waals surface area contributed by atoms with Gasteiger partial charge in [0.15, 0.2) is 0 Å². The number of allylic oxidation sites excluding steroid dienone is 8. The van der Waals surface area contributed by atoms with E-state index in [1.807, 2.05) is 103 Å². The maximum absolute atomic E-state index is 5.49. The van der Waals surface area contributed by atoms with Gasteiger partial charge in [0, 0.05) is 29.1 Å². The van der Waals surface area contributed by atoms with Crippen molar-refractivity contribution in [3.8, 4) is 24.7 Å². The lowest BCUT2D eigenvalue weighted by atomic mass is 9.96. The number of aliphatic imine (C=N–C) groups is 2. The van der Waals surface area contributed by atoms with E-state index in [9.17, 15) is 0 Å². The molecule has 0 unspecified atom stereocenters. The molecular weight excluding hydrogens is 645 g/mol. The zero-order chi connectivity index (χ0) is 39.8. The number of benzene rings is 3. The predicted octanol–water partition coefficient (Wildman–Crippen LogP) is 13.0. The fourth-order valence-electron chi connectivity index (χ4n) is 5.42. The number of nitrogens with zero attached hydrogens (tertiary/aromatic N) is 4. The van der Waals surface area contributed by atoms with Gasteiger partial charge in [-0.05, 0) is 74.5 Å². The second kappa shape index (κ2) is 24.8. The van der Waals surface area contributed by atoms with Crippen LogP contribution in [0.4, 0.5) is 0 Å². The standard InChI is InChI=1S/C21H18N2.C19H16N2.C3H4.3C2H6/c1-15(2)8-7-10-17-16-9-3-5-12-19(16)23-20-13-6-4-11-18(20)22-14-21(17)23;1-5-14-11-12-16(13-15(14)6-2)19(21-4)17-9-7-8-10-18(17)20-3;1-3-2;3*1-2/h3-9,11-14H,1,10H2,2H3;1,6-13H,2,4H2,3H3;1H,2H3;3*1-2H3/b8-7-;19-17-,20-18?;;;;. The van der Waals surface area contributed by atoms with Gasteiger partial charge < -0.3 is 4.40 Å². The fraction of sp³-hybridized carbons (Fsp3) is 0.204. The van der Waals surface area contributed by atoms with Gasteiger partial charge in [-0.25, -0.2) is 0 Å². The summed E-state index contributed by atoms with van der Waals surface area (Å²) < 4.78 is 2.32. The molecule has 3 aromatic carbocycles. The smallest absolute Gasteiger partial charge is 0.0871 e. The minimum Gasteiger partial charge on any atom is -0.306 e. The van der Waals surface area contributed by atoms with Crippen molar-refractivity contribution < 1.29 is 0 Å². The first kappa shape index (κ1) is 44.8. The summed E-state index contributed by atoms with van der Waals surface area (Å²) in [6, 6.07) is 22.7. The second-order valence-corrected chi connectivity index (χ2v) is 10.6. The average molecular weight is 701 g/mol. The molecule has 0 aliphatic heterocycles. The highest BCUT2D eigenvalue weighted by molar-refractivity contribution is 6.16. The van der Waals surface area contributed by atoms with Crippen LogP contribution in [0, 0.1) is 24.7 Å². The molecule has 0 radical (unpaired) electrons. The summed E-state index contributed by atoms with van der Waals surface area (Å²) in [5.41, 5.74) is 12.2. The molecule has 0 atom stereocenters. The van der Waals surface area contributed by atoms with E-state index in [4.69, 9.17) is 6.42 Å². The van der Waals surface area contributed by atoms with Crippen molar-refractivity contribution in [1.29, 1.82) is 0 Å². The van der Waals surface area contributed by atoms with Gasteiger partial charge in [-0.2, -0.15) is 0 Å². The molecule has 0 saturated heterocycles. The normalized spacial score (nSPS) is 12.5. The van der Waals surface area contributed by atoms with Crippen LogP contribution in [0.1, 0.15) is 77.6 Å². The molecule has 2 aromatic heterocycles. The molecule has 0 N–H and O–H groups in total. The Labute approximate surface area is 319 Å². The Morgan fingerprint density at radius 2 is 1.51 bits per heavy atom. The summed E-state index contributed by atoms with van der Waals surface area (Å²) in [4.78, 5) is 13.1. The van der Waals surface area contributed by atoms with Gasteiger partial charge in [-0.3, -0.25) is 15.0 Å². The van der Waals surface area contributed by atoms with Crippen molar-refractivity contribution in [3.63, 3.8) is 0 Å². The highest BCUT2D eigenvalue weighted by Gasteiger charge is 2.14. The van der Waals surface area contributed by atoms with Crippen LogP contribution in [0.25, 0.3) is 39.2 Å². The summed E-state index contributed by atoms with van der Waals surface area (Å²) in [5.74, 6) is 4.90. The maximum Gasteiger partial charge on any atom is 0.0871 e. The molecule has 53 heavy (non-hydrogen) atoms. The zero-order valence-corrected chi connectivity index (χ0v) is 33.2. The first-order valence-electron chi connectivity index (χ1n) is 18.1. The molecular formula is C49H56N4. The van der Waals surface area contributed by atoms with E-state index in [1.165, 1.54) is 22.0 Å². The van der Waals surface area contributed by atoms with Gasteiger partial charge in [0.2, 0.25) is 0 Å². The Kier molecular flexibility index (Phi) is 21.0. The summed E-state index contributed by atoms with van der Waals surface area (Å²) in [7, 11) is 1.76. The molecule has 0 saturated carbocycles. The van der Waals surface area contributed by atoms with Crippen LogP contribution in [0.5, 0.6) is 0 Å². The van der Waals surface area contributed by atoms with E-state index in [-0.39, 0.29) is 0 Å². The second-order valence-electron chi connectivity index (χ2n) is 10.6. The number of aromatic nitrogens is 2. The van der Waals surface area contributed by atoms with Crippen LogP contribution in [0.2, 0.25) is 0 Å². The van der Waals surface area contributed by atoms with Gasteiger partial charge in [-0.15, -0.1) is 18.8 Å². The van der Waals surface area contributed by atoms with Gasteiger partial charge in [0.1, 0.15) is 0 Å². The quantitative estimate of drug-likeness (QED) is 0.0987. The third-order valence-electron chi connectivity index (χ3n) is 7.45. The predicted molar refractivity (Wildman–Crippen MR) is 239 cm³/mol. The SMILES string of the molecule is C#CC.C#Cc1ccc(/C(N=C)=C2\C=CC=CC2=NC)cc1C=C.C=C(C)/C=C\Cc1c2ccccc2n2c1cnc1ccccc12.CC.CC.CC. The largest absolute Gasteiger partial charge is 0.306 e. The molecule has 1 aliphatic carbocycles. The lowest BCUT2D eigenvalue weighted by Crippen LogP contribution is -2.03. The van der Waals surface area contributed by atoms with Gasteiger partial charge >= 0.3 is 0 Å². The zero-order valence-electron chi connectivity index (χ0n) is 33.2. The Morgan fingerprint density at radius 1 is 0.887 bits per heavy atom. The summed E-state index contributed by atoms with van der Waals surface area (Å²) >= 11 is 0. The molecule has 4 nitrogen and oxygen atoms in total.